The maximum Gasteiger partial charge on any atom is 0.309 e. The fraction of sp³-hybridized carbons (Fsp3) is 0.909. The highest BCUT2D eigenvalue weighted by molar-refractivity contribution is 5.71. The lowest BCUT2D eigenvalue weighted by Gasteiger charge is -2.29. The van der Waals surface area contributed by atoms with E-state index in [0.717, 1.165) is 12.8 Å². The number of unbranched alkanes of at least 4 members (excludes halogenated alkanes) is 1. The van der Waals surface area contributed by atoms with E-state index in [1.807, 2.05) is 13.8 Å². The Balaban J connectivity index is 4.36. The van der Waals surface area contributed by atoms with Crippen LogP contribution in [-0.2, 0) is 9.53 Å². The van der Waals surface area contributed by atoms with Gasteiger partial charge >= 0.3 is 5.97 Å². The van der Waals surface area contributed by atoms with E-state index in [2.05, 4.69) is 0 Å². The molecule has 0 aliphatic heterocycles. The summed E-state index contributed by atoms with van der Waals surface area (Å²) in [7, 11) is 0. The summed E-state index contributed by atoms with van der Waals surface area (Å²) in [5.41, 5.74) is -1.28. The van der Waals surface area contributed by atoms with Crippen molar-refractivity contribution in [1.29, 1.82) is 0 Å². The van der Waals surface area contributed by atoms with Crippen LogP contribution in [0.1, 0.15) is 40.0 Å². The predicted octanol–water partition coefficient (Wildman–Crippen LogP) is 1.66. The van der Waals surface area contributed by atoms with Gasteiger partial charge in [-0.05, 0) is 20.3 Å². The Kier molecular flexibility index (Phi) is 6.52. The molecule has 0 aliphatic carbocycles. The van der Waals surface area contributed by atoms with Crippen LogP contribution in [0.4, 0.5) is 0 Å². The largest absolute Gasteiger partial charge is 0.481 e. The molecule has 4 heteroatoms. The number of carboxylic acids is 1. The number of aliphatic hydroxyl groups is 1. The van der Waals surface area contributed by atoms with E-state index < -0.39 is 17.5 Å². The summed E-state index contributed by atoms with van der Waals surface area (Å²) in [6.07, 6.45) is 2.22. The molecule has 4 nitrogen and oxygen atoms in total. The van der Waals surface area contributed by atoms with Gasteiger partial charge in [0.25, 0.3) is 0 Å². The van der Waals surface area contributed by atoms with E-state index in [4.69, 9.17) is 9.84 Å². The van der Waals surface area contributed by atoms with Crippen molar-refractivity contribution in [3.05, 3.63) is 0 Å². The molecule has 0 rings (SSSR count). The van der Waals surface area contributed by atoms with Crippen molar-refractivity contribution < 1.29 is 19.7 Å². The predicted molar refractivity (Wildman–Crippen MR) is 57.8 cm³/mol. The van der Waals surface area contributed by atoms with Gasteiger partial charge in [0.15, 0.2) is 0 Å². The third-order valence-electron chi connectivity index (χ3n) is 2.49. The van der Waals surface area contributed by atoms with Crippen LogP contribution in [0.25, 0.3) is 0 Å². The first kappa shape index (κ1) is 14.4. The molecule has 0 radical (unpaired) electrons. The molecular formula is C11H22O4. The van der Waals surface area contributed by atoms with E-state index in [1.165, 1.54) is 6.92 Å². The molecule has 0 amide bonds. The number of ether oxygens (including phenoxy) is 1. The van der Waals surface area contributed by atoms with E-state index in [9.17, 15) is 9.90 Å². The molecule has 0 fully saturated rings. The molecule has 0 bridgehead atoms. The highest BCUT2D eigenvalue weighted by Crippen LogP contribution is 2.23. The van der Waals surface area contributed by atoms with Crippen LogP contribution in [0.2, 0.25) is 0 Å². The highest BCUT2D eigenvalue weighted by atomic mass is 16.5. The number of carbonyl (C=O) groups is 1. The first-order valence-corrected chi connectivity index (χ1v) is 5.48. The molecule has 90 valence electrons. The Labute approximate surface area is 91.3 Å². The fourth-order valence-electron chi connectivity index (χ4n) is 1.52. The van der Waals surface area contributed by atoms with Gasteiger partial charge in [0.05, 0.1) is 18.1 Å². The topological polar surface area (TPSA) is 66.8 Å². The van der Waals surface area contributed by atoms with Crippen LogP contribution in [0.3, 0.4) is 0 Å². The molecule has 2 atom stereocenters. The van der Waals surface area contributed by atoms with E-state index in [0.29, 0.717) is 13.0 Å². The van der Waals surface area contributed by atoms with E-state index in [1.54, 1.807) is 0 Å². The fourth-order valence-corrected chi connectivity index (χ4v) is 1.52. The van der Waals surface area contributed by atoms with Gasteiger partial charge in [-0.15, -0.1) is 0 Å². The van der Waals surface area contributed by atoms with Gasteiger partial charge in [0.2, 0.25) is 0 Å². The Morgan fingerprint density at radius 3 is 2.47 bits per heavy atom. The molecule has 0 saturated heterocycles. The first-order valence-electron chi connectivity index (χ1n) is 5.48. The third kappa shape index (κ3) is 5.14. The Bertz CT molecular complexity index is 189. The van der Waals surface area contributed by atoms with Gasteiger partial charge < -0.3 is 14.9 Å². The smallest absolute Gasteiger partial charge is 0.309 e. The summed E-state index contributed by atoms with van der Waals surface area (Å²) >= 11 is 0. The Morgan fingerprint density at radius 2 is 2.07 bits per heavy atom. The maximum atomic E-state index is 11.0. The molecule has 2 unspecified atom stereocenters. The monoisotopic (exact) mass is 218 g/mol. The summed E-state index contributed by atoms with van der Waals surface area (Å²) in [4.78, 5) is 11.0. The van der Waals surface area contributed by atoms with Crippen molar-refractivity contribution in [2.45, 2.75) is 45.6 Å². The third-order valence-corrected chi connectivity index (χ3v) is 2.49. The van der Waals surface area contributed by atoms with Crippen molar-refractivity contribution in [3.8, 4) is 0 Å². The van der Waals surface area contributed by atoms with Gasteiger partial charge in [-0.3, -0.25) is 4.79 Å². The van der Waals surface area contributed by atoms with Gasteiger partial charge in [0.1, 0.15) is 0 Å². The summed E-state index contributed by atoms with van der Waals surface area (Å²) in [6, 6.07) is 0. The lowest BCUT2D eigenvalue weighted by Crippen LogP contribution is -2.43. The zero-order chi connectivity index (χ0) is 11.9. The normalized spacial score (nSPS) is 17.1. The van der Waals surface area contributed by atoms with Crippen molar-refractivity contribution in [2.24, 2.45) is 5.92 Å². The van der Waals surface area contributed by atoms with Gasteiger partial charge in [0, 0.05) is 6.61 Å². The SMILES string of the molecule is CCCCC(C(=O)O)C(C)(O)COCC. The molecule has 0 aliphatic rings. The van der Waals surface area contributed by atoms with Gasteiger partial charge in [-0.25, -0.2) is 0 Å². The van der Waals surface area contributed by atoms with Crippen molar-refractivity contribution in [1.82, 2.24) is 0 Å². The minimum absolute atomic E-state index is 0.0736. The second kappa shape index (κ2) is 6.80. The van der Waals surface area contributed by atoms with Crippen molar-refractivity contribution in [3.63, 3.8) is 0 Å². The second-order valence-corrected chi connectivity index (χ2v) is 4.03. The van der Waals surface area contributed by atoms with Crippen LogP contribution < -0.4 is 0 Å². The van der Waals surface area contributed by atoms with Crippen LogP contribution in [-0.4, -0.2) is 35.0 Å². The highest BCUT2D eigenvalue weighted by Gasteiger charge is 2.36. The summed E-state index contributed by atoms with van der Waals surface area (Å²) in [5, 5.41) is 19.0. The first-order chi connectivity index (χ1) is 6.95. The van der Waals surface area contributed by atoms with Crippen molar-refractivity contribution >= 4 is 5.97 Å². The number of hydrogen-bond acceptors (Lipinski definition) is 3. The lowest BCUT2D eigenvalue weighted by molar-refractivity contribution is -0.156. The van der Waals surface area contributed by atoms with Crippen LogP contribution in [0.15, 0.2) is 0 Å². The minimum Gasteiger partial charge on any atom is -0.481 e. The lowest BCUT2D eigenvalue weighted by atomic mass is 9.86. The second-order valence-electron chi connectivity index (χ2n) is 4.03. The molecular weight excluding hydrogens is 196 g/mol. The number of hydrogen-bond donors (Lipinski definition) is 2. The zero-order valence-electron chi connectivity index (χ0n) is 9.82. The standard InChI is InChI=1S/C11H22O4/c1-4-6-7-9(10(12)13)11(3,14)8-15-5-2/h9,14H,4-8H2,1-3H3,(H,12,13). The van der Waals surface area contributed by atoms with Gasteiger partial charge in [-0.1, -0.05) is 19.8 Å². The zero-order valence-corrected chi connectivity index (χ0v) is 9.82. The molecule has 0 aromatic heterocycles. The van der Waals surface area contributed by atoms with E-state index >= 15 is 0 Å². The molecule has 0 saturated carbocycles. The number of rotatable bonds is 8. The summed E-state index contributed by atoms with van der Waals surface area (Å²) in [5.74, 6) is -1.70. The maximum absolute atomic E-state index is 11.0. The van der Waals surface area contributed by atoms with E-state index in [-0.39, 0.29) is 6.61 Å². The Morgan fingerprint density at radius 1 is 1.47 bits per heavy atom. The quantitative estimate of drug-likeness (QED) is 0.650. The molecule has 0 aromatic rings. The molecule has 0 spiro atoms. The van der Waals surface area contributed by atoms with Crippen LogP contribution in [0.5, 0.6) is 0 Å². The Hall–Kier alpha value is -0.610. The average Bonchev–Trinajstić information content (AvgIpc) is 2.14. The molecule has 15 heavy (non-hydrogen) atoms. The minimum atomic E-state index is -1.28. The van der Waals surface area contributed by atoms with Crippen molar-refractivity contribution in [2.75, 3.05) is 13.2 Å². The molecule has 0 heterocycles. The number of carboxylic acid groups (broad SMARTS) is 1. The van der Waals surface area contributed by atoms with Crippen LogP contribution in [0, 0.1) is 5.92 Å². The number of aliphatic carboxylic acids is 1. The summed E-state index contributed by atoms with van der Waals surface area (Å²) in [6.45, 7) is 5.89. The van der Waals surface area contributed by atoms with Crippen LogP contribution >= 0.6 is 0 Å². The average molecular weight is 218 g/mol. The van der Waals surface area contributed by atoms with Gasteiger partial charge in [-0.2, -0.15) is 0 Å². The molecule has 2 N–H and O–H groups in total. The summed E-state index contributed by atoms with van der Waals surface area (Å²) < 4.78 is 5.10. The molecule has 0 aromatic carbocycles.